The van der Waals surface area contributed by atoms with Crippen LogP contribution in [0.4, 0.5) is 11.4 Å². The molecule has 0 fully saturated rings. The molecule has 3 aromatic heterocycles. The third-order valence-electron chi connectivity index (χ3n) is 4.42. The van der Waals surface area contributed by atoms with Crippen molar-refractivity contribution in [1.29, 1.82) is 0 Å². The van der Waals surface area contributed by atoms with Gasteiger partial charge in [-0.2, -0.15) is 5.10 Å². The fourth-order valence-corrected chi connectivity index (χ4v) is 3.78. The van der Waals surface area contributed by atoms with E-state index in [9.17, 15) is 13.2 Å². The summed E-state index contributed by atoms with van der Waals surface area (Å²) in [6, 6.07) is 11.6. The number of hydrogen-bond acceptors (Lipinski definition) is 7. The highest BCUT2D eigenvalue weighted by Gasteiger charge is 2.14. The normalized spacial score (nSPS) is 11.1. The summed E-state index contributed by atoms with van der Waals surface area (Å²) in [5.41, 5.74) is 1.74. The van der Waals surface area contributed by atoms with E-state index < -0.39 is 15.9 Å². The number of hydrogen-bond donors (Lipinski definition) is 2. The van der Waals surface area contributed by atoms with E-state index in [4.69, 9.17) is 16.3 Å². The van der Waals surface area contributed by atoms with Crippen molar-refractivity contribution in [3.8, 4) is 11.6 Å². The summed E-state index contributed by atoms with van der Waals surface area (Å²) in [4.78, 5) is 21.1. The van der Waals surface area contributed by atoms with Gasteiger partial charge in [-0.25, -0.2) is 18.1 Å². The molecule has 3 heterocycles. The molecule has 34 heavy (non-hydrogen) atoms. The minimum Gasteiger partial charge on any atom is -0.485 e. The minimum atomic E-state index is -3.50. The SMILES string of the molecule is CS(=O)(=O)Nc1cc(Cl)cc(NC(=O)c2cnn(-c3ncccc3OCc3ccncc3)c2)c1. The van der Waals surface area contributed by atoms with E-state index in [1.165, 1.54) is 35.3 Å². The number of rotatable bonds is 8. The van der Waals surface area contributed by atoms with Gasteiger partial charge in [0.1, 0.15) is 6.61 Å². The second kappa shape index (κ2) is 9.89. The van der Waals surface area contributed by atoms with Gasteiger partial charge in [0, 0.05) is 35.5 Å². The number of benzene rings is 1. The average Bonchev–Trinajstić information content (AvgIpc) is 3.27. The molecule has 2 N–H and O–H groups in total. The topological polar surface area (TPSA) is 128 Å². The lowest BCUT2D eigenvalue weighted by Crippen LogP contribution is -2.13. The van der Waals surface area contributed by atoms with Gasteiger partial charge in [0.15, 0.2) is 11.6 Å². The number of sulfonamides is 1. The monoisotopic (exact) mass is 498 g/mol. The number of pyridine rings is 2. The van der Waals surface area contributed by atoms with Crippen molar-refractivity contribution in [2.24, 2.45) is 0 Å². The van der Waals surface area contributed by atoms with Crippen LogP contribution in [-0.2, 0) is 16.6 Å². The molecule has 4 aromatic rings. The first-order valence-electron chi connectivity index (χ1n) is 9.88. The summed E-state index contributed by atoms with van der Waals surface area (Å²) in [6.45, 7) is 0.314. The van der Waals surface area contributed by atoms with Crippen LogP contribution >= 0.6 is 11.6 Å². The van der Waals surface area contributed by atoms with Crippen molar-refractivity contribution >= 4 is 38.9 Å². The Hall–Kier alpha value is -3.96. The van der Waals surface area contributed by atoms with E-state index >= 15 is 0 Å². The Balaban J connectivity index is 1.50. The molecular formula is C22H19ClN6O4S. The summed E-state index contributed by atoms with van der Waals surface area (Å²) < 4.78 is 32.6. The van der Waals surface area contributed by atoms with Crippen LogP contribution in [0.15, 0.2) is 73.4 Å². The molecule has 0 radical (unpaired) electrons. The molecule has 0 saturated heterocycles. The zero-order valence-electron chi connectivity index (χ0n) is 17.8. The van der Waals surface area contributed by atoms with Crippen LogP contribution in [0.2, 0.25) is 5.02 Å². The number of carbonyl (C=O) groups is 1. The third kappa shape index (κ3) is 6.09. The molecule has 0 bridgehead atoms. The first kappa shape index (κ1) is 23.2. The van der Waals surface area contributed by atoms with Gasteiger partial charge in [-0.15, -0.1) is 0 Å². The van der Waals surface area contributed by atoms with E-state index in [1.807, 2.05) is 12.1 Å². The number of aromatic nitrogens is 4. The fraction of sp³-hybridized carbons (Fsp3) is 0.0909. The van der Waals surface area contributed by atoms with Crippen LogP contribution in [0, 0.1) is 0 Å². The highest BCUT2D eigenvalue weighted by atomic mass is 35.5. The summed E-state index contributed by atoms with van der Waals surface area (Å²) >= 11 is 6.06. The van der Waals surface area contributed by atoms with E-state index in [0.29, 0.717) is 23.9 Å². The average molecular weight is 499 g/mol. The van der Waals surface area contributed by atoms with Gasteiger partial charge in [-0.1, -0.05) is 11.6 Å². The lowest BCUT2D eigenvalue weighted by molar-refractivity contribution is 0.102. The Bertz CT molecular complexity index is 1430. The predicted octanol–water partition coefficient (Wildman–Crippen LogP) is 3.52. The molecule has 0 spiro atoms. The lowest BCUT2D eigenvalue weighted by Gasteiger charge is -2.10. The summed E-state index contributed by atoms with van der Waals surface area (Å²) in [5.74, 6) is 0.438. The molecule has 0 saturated carbocycles. The fourth-order valence-electron chi connectivity index (χ4n) is 3.00. The van der Waals surface area contributed by atoms with Crippen molar-refractivity contribution < 1.29 is 17.9 Å². The van der Waals surface area contributed by atoms with E-state index in [2.05, 4.69) is 25.1 Å². The summed E-state index contributed by atoms with van der Waals surface area (Å²) in [5, 5.41) is 7.17. The molecule has 174 valence electrons. The van der Waals surface area contributed by atoms with E-state index in [1.54, 1.807) is 30.7 Å². The summed E-state index contributed by atoms with van der Waals surface area (Å²) in [6.07, 6.45) is 8.88. The molecule has 1 aromatic carbocycles. The number of nitrogens with one attached hydrogen (secondary N) is 2. The van der Waals surface area contributed by atoms with Crippen LogP contribution in [0.5, 0.6) is 5.75 Å². The summed E-state index contributed by atoms with van der Waals surface area (Å²) in [7, 11) is -3.50. The Morgan fingerprint density at radius 3 is 2.65 bits per heavy atom. The molecule has 4 rings (SSSR count). The first-order valence-corrected chi connectivity index (χ1v) is 12.2. The van der Waals surface area contributed by atoms with Crippen LogP contribution in [-0.4, -0.2) is 40.3 Å². The number of carbonyl (C=O) groups excluding carboxylic acids is 1. The Labute approximate surface area is 200 Å². The number of ether oxygens (including phenoxy) is 1. The largest absolute Gasteiger partial charge is 0.485 e. The molecule has 1 amide bonds. The molecule has 0 aliphatic heterocycles. The number of amides is 1. The maximum Gasteiger partial charge on any atom is 0.258 e. The molecule has 0 atom stereocenters. The number of halogens is 1. The van der Waals surface area contributed by atoms with Gasteiger partial charge in [0.2, 0.25) is 10.0 Å². The van der Waals surface area contributed by atoms with Gasteiger partial charge < -0.3 is 10.1 Å². The Morgan fingerprint density at radius 1 is 1.12 bits per heavy atom. The Morgan fingerprint density at radius 2 is 1.88 bits per heavy atom. The Kier molecular flexibility index (Phi) is 6.75. The quantitative estimate of drug-likeness (QED) is 0.380. The molecule has 0 aliphatic carbocycles. The smallest absolute Gasteiger partial charge is 0.258 e. The third-order valence-corrected chi connectivity index (χ3v) is 5.24. The maximum atomic E-state index is 12.8. The van der Waals surface area contributed by atoms with E-state index in [0.717, 1.165) is 11.8 Å². The van der Waals surface area contributed by atoms with Gasteiger partial charge in [0.25, 0.3) is 5.91 Å². The van der Waals surface area contributed by atoms with Crippen LogP contribution in [0.25, 0.3) is 5.82 Å². The second-order valence-corrected chi connectivity index (χ2v) is 9.38. The first-order chi connectivity index (χ1) is 16.3. The second-order valence-electron chi connectivity index (χ2n) is 7.20. The van der Waals surface area contributed by atoms with Gasteiger partial charge in [0.05, 0.1) is 23.7 Å². The zero-order chi connectivity index (χ0) is 24.1. The van der Waals surface area contributed by atoms with Gasteiger partial charge in [-0.3, -0.25) is 14.5 Å². The highest BCUT2D eigenvalue weighted by Crippen LogP contribution is 2.25. The number of anilines is 2. The molecule has 10 nitrogen and oxygen atoms in total. The molecular weight excluding hydrogens is 480 g/mol. The van der Waals surface area contributed by atoms with Crippen molar-refractivity contribution in [1.82, 2.24) is 19.7 Å². The van der Waals surface area contributed by atoms with Crippen LogP contribution in [0.3, 0.4) is 0 Å². The molecule has 0 aliphatic rings. The van der Waals surface area contributed by atoms with E-state index in [-0.39, 0.29) is 16.3 Å². The van der Waals surface area contributed by atoms with Crippen molar-refractivity contribution in [3.05, 3.63) is 89.6 Å². The molecule has 12 heteroatoms. The van der Waals surface area contributed by atoms with Crippen molar-refractivity contribution in [3.63, 3.8) is 0 Å². The standard InChI is InChI=1S/C22H19ClN6O4S/c1-34(31,32)28-19-10-17(23)9-18(11-19)27-22(30)16-12-26-29(13-16)21-20(3-2-6-25-21)33-14-15-4-7-24-8-5-15/h2-13,28H,14H2,1H3,(H,27,30). The highest BCUT2D eigenvalue weighted by molar-refractivity contribution is 7.92. The zero-order valence-corrected chi connectivity index (χ0v) is 19.4. The molecule has 0 unspecified atom stereocenters. The maximum absolute atomic E-state index is 12.8. The van der Waals surface area contributed by atoms with Crippen LogP contribution < -0.4 is 14.8 Å². The lowest BCUT2D eigenvalue weighted by atomic mass is 10.2. The van der Waals surface area contributed by atoms with Crippen molar-refractivity contribution in [2.45, 2.75) is 6.61 Å². The minimum absolute atomic E-state index is 0.227. The van der Waals surface area contributed by atoms with Crippen LogP contribution in [0.1, 0.15) is 15.9 Å². The van der Waals surface area contributed by atoms with Crippen molar-refractivity contribution in [2.75, 3.05) is 16.3 Å². The van der Waals surface area contributed by atoms with Gasteiger partial charge in [-0.05, 0) is 48.0 Å². The number of nitrogens with zero attached hydrogens (tertiary/aromatic N) is 4. The predicted molar refractivity (Wildman–Crippen MR) is 128 cm³/mol. The van der Waals surface area contributed by atoms with Gasteiger partial charge >= 0.3 is 0 Å².